The molecule has 1 fully saturated rings. The predicted molar refractivity (Wildman–Crippen MR) is 91.3 cm³/mol. The van der Waals surface area contributed by atoms with Crippen LogP contribution in [0.5, 0.6) is 5.75 Å². The van der Waals surface area contributed by atoms with E-state index in [-0.39, 0.29) is 18.6 Å². The van der Waals surface area contributed by atoms with Crippen LogP contribution in [0.1, 0.15) is 12.0 Å². The monoisotopic (exact) mass is 341 g/mol. The minimum Gasteiger partial charge on any atom is -0.497 e. The first kappa shape index (κ1) is 21.7. The summed E-state index contributed by atoms with van der Waals surface area (Å²) in [7, 11) is 3.11. The number of aryl methyl sites for hydroxylation is 1. The summed E-state index contributed by atoms with van der Waals surface area (Å²) >= 11 is 0. The number of hydrogen-bond acceptors (Lipinski definition) is 5. The van der Waals surface area contributed by atoms with Gasteiger partial charge in [-0.3, -0.25) is 4.79 Å². The van der Waals surface area contributed by atoms with Crippen molar-refractivity contribution >= 4 is 12.0 Å². The lowest BCUT2D eigenvalue weighted by Crippen LogP contribution is -2.34. The summed E-state index contributed by atoms with van der Waals surface area (Å²) in [5.41, 5.74) is 1.26. The molecule has 1 aromatic rings. The summed E-state index contributed by atoms with van der Waals surface area (Å²) in [4.78, 5) is 20.0. The number of methoxy groups -OCH3 is 1. The van der Waals surface area contributed by atoms with E-state index in [2.05, 4.69) is 17.6 Å². The van der Waals surface area contributed by atoms with Crippen LogP contribution in [0, 0.1) is 6.92 Å². The fourth-order valence-corrected chi connectivity index (χ4v) is 1.56. The van der Waals surface area contributed by atoms with Crippen molar-refractivity contribution in [1.82, 2.24) is 16.0 Å². The number of hydrogen-bond donors (Lipinski definition) is 5. The highest BCUT2D eigenvalue weighted by Crippen LogP contribution is 2.09. The molecule has 0 aromatic heterocycles. The van der Waals surface area contributed by atoms with Crippen LogP contribution >= 0.6 is 0 Å². The van der Waals surface area contributed by atoms with Gasteiger partial charge in [0.15, 0.2) is 0 Å². The first-order valence-corrected chi connectivity index (χ1v) is 7.55. The van der Waals surface area contributed by atoms with Crippen LogP contribution in [0.3, 0.4) is 0 Å². The van der Waals surface area contributed by atoms with Crippen molar-refractivity contribution in [3.8, 4) is 5.75 Å². The molecule has 1 atom stereocenters. The molecule has 1 aromatic carbocycles. The van der Waals surface area contributed by atoms with Gasteiger partial charge in [0.2, 0.25) is 5.91 Å². The largest absolute Gasteiger partial charge is 0.497 e. The van der Waals surface area contributed by atoms with Crippen LogP contribution in [0.4, 0.5) is 4.79 Å². The number of carboxylic acid groups (broad SMARTS) is 1. The van der Waals surface area contributed by atoms with Crippen LogP contribution in [0.25, 0.3) is 0 Å². The highest BCUT2D eigenvalue weighted by atomic mass is 16.5. The Morgan fingerprint density at radius 2 is 1.96 bits per heavy atom. The Morgan fingerprint density at radius 3 is 2.29 bits per heavy atom. The normalized spacial score (nSPS) is 15.1. The van der Waals surface area contributed by atoms with Crippen molar-refractivity contribution in [2.75, 3.05) is 33.8 Å². The SMILES string of the molecule is CNC(=O)CNC(=O)O.COc1ccc(C)cc1.OC1CCNC1. The highest BCUT2D eigenvalue weighted by Gasteiger charge is 2.08. The molecule has 5 N–H and O–H groups in total. The van der Waals surface area contributed by atoms with E-state index in [4.69, 9.17) is 14.9 Å². The van der Waals surface area contributed by atoms with E-state index in [1.165, 1.54) is 12.6 Å². The van der Waals surface area contributed by atoms with Gasteiger partial charge in [-0.25, -0.2) is 4.79 Å². The van der Waals surface area contributed by atoms with E-state index in [0.717, 1.165) is 25.3 Å². The number of likely N-dealkylation sites (N-methyl/N-ethyl adjacent to an activating group) is 1. The molecule has 24 heavy (non-hydrogen) atoms. The summed E-state index contributed by atoms with van der Waals surface area (Å²) in [6, 6.07) is 7.96. The fraction of sp³-hybridized carbons (Fsp3) is 0.500. The lowest BCUT2D eigenvalue weighted by atomic mass is 10.2. The minimum absolute atomic E-state index is 0.0648. The molecule has 1 heterocycles. The summed E-state index contributed by atoms with van der Waals surface area (Å²) in [5, 5.41) is 23.8. The molecular formula is C16H27N3O5. The number of aliphatic hydroxyl groups is 1. The Kier molecular flexibility index (Phi) is 11.9. The topological polar surface area (TPSA) is 120 Å². The zero-order chi connectivity index (χ0) is 18.4. The summed E-state index contributed by atoms with van der Waals surface area (Å²) in [6.07, 6.45) is -0.330. The van der Waals surface area contributed by atoms with E-state index in [1.54, 1.807) is 7.11 Å². The molecule has 1 aliphatic heterocycles. The molecule has 8 nitrogen and oxygen atoms in total. The lowest BCUT2D eigenvalue weighted by Gasteiger charge is -1.97. The summed E-state index contributed by atoms with van der Waals surface area (Å²) < 4.78 is 4.97. The van der Waals surface area contributed by atoms with Gasteiger partial charge in [0.05, 0.1) is 19.8 Å². The fourth-order valence-electron chi connectivity index (χ4n) is 1.56. The number of rotatable bonds is 3. The second-order valence-electron chi connectivity index (χ2n) is 5.00. The highest BCUT2D eigenvalue weighted by molar-refractivity contribution is 5.81. The maximum Gasteiger partial charge on any atom is 0.405 e. The zero-order valence-corrected chi connectivity index (χ0v) is 14.3. The molecule has 8 heteroatoms. The van der Waals surface area contributed by atoms with Gasteiger partial charge >= 0.3 is 6.09 Å². The predicted octanol–water partition coefficient (Wildman–Crippen LogP) is 0.344. The Balaban J connectivity index is 0.000000337. The first-order valence-electron chi connectivity index (χ1n) is 7.55. The number of amides is 2. The molecule has 0 spiro atoms. The molecule has 2 amide bonds. The summed E-state index contributed by atoms with van der Waals surface area (Å²) in [6.45, 7) is 3.65. The molecule has 2 rings (SSSR count). The molecule has 1 saturated heterocycles. The number of carbonyl (C=O) groups excluding carboxylic acids is 1. The maximum atomic E-state index is 10.3. The molecule has 0 saturated carbocycles. The lowest BCUT2D eigenvalue weighted by molar-refractivity contribution is -0.119. The van der Waals surface area contributed by atoms with Gasteiger partial charge in [0.25, 0.3) is 0 Å². The standard InChI is InChI=1S/C8H10O.C4H8N2O3.C4H9NO/c1-7-3-5-8(9-2)6-4-7;1-5-3(7)2-6-4(8)9;6-4-1-2-5-3-4/h3-6H,1-2H3;6H,2H2,1H3,(H,5,7)(H,8,9);4-6H,1-3H2. The number of carbonyl (C=O) groups is 2. The van der Waals surface area contributed by atoms with Crippen LogP contribution < -0.4 is 20.7 Å². The van der Waals surface area contributed by atoms with Crippen LogP contribution in [0.2, 0.25) is 0 Å². The number of benzene rings is 1. The third-order valence-corrected chi connectivity index (χ3v) is 2.97. The van der Waals surface area contributed by atoms with Crippen molar-refractivity contribution in [3.05, 3.63) is 29.8 Å². The van der Waals surface area contributed by atoms with E-state index < -0.39 is 6.09 Å². The third kappa shape index (κ3) is 12.2. The van der Waals surface area contributed by atoms with Gasteiger partial charge < -0.3 is 30.9 Å². The van der Waals surface area contributed by atoms with Crippen molar-refractivity contribution in [2.45, 2.75) is 19.4 Å². The molecule has 0 radical (unpaired) electrons. The number of ether oxygens (including phenoxy) is 1. The first-order chi connectivity index (χ1) is 11.4. The van der Waals surface area contributed by atoms with Crippen molar-refractivity contribution in [3.63, 3.8) is 0 Å². The second kappa shape index (κ2) is 13.1. The minimum atomic E-state index is -1.20. The average Bonchev–Trinajstić information content (AvgIpc) is 3.05. The average molecular weight is 341 g/mol. The Bertz CT molecular complexity index is 473. The molecule has 1 unspecified atom stereocenters. The Morgan fingerprint density at radius 1 is 1.33 bits per heavy atom. The number of aliphatic hydroxyl groups excluding tert-OH is 1. The quantitative estimate of drug-likeness (QED) is 0.541. The van der Waals surface area contributed by atoms with Gasteiger partial charge in [-0.1, -0.05) is 17.7 Å². The van der Waals surface area contributed by atoms with Crippen LogP contribution in [0.15, 0.2) is 24.3 Å². The van der Waals surface area contributed by atoms with Crippen LogP contribution in [-0.2, 0) is 4.79 Å². The van der Waals surface area contributed by atoms with Crippen molar-refractivity contribution in [1.29, 1.82) is 0 Å². The number of β-amino-alcohol motifs (C(OH)–C–C–N with tert-alkyl or cyclic N) is 1. The maximum absolute atomic E-state index is 10.3. The Labute approximate surface area is 142 Å². The van der Waals surface area contributed by atoms with Crippen LogP contribution in [-0.4, -0.2) is 62.1 Å². The smallest absolute Gasteiger partial charge is 0.405 e. The zero-order valence-electron chi connectivity index (χ0n) is 14.3. The van der Waals surface area contributed by atoms with E-state index in [0.29, 0.717) is 0 Å². The van der Waals surface area contributed by atoms with Gasteiger partial charge in [0, 0.05) is 13.6 Å². The van der Waals surface area contributed by atoms with E-state index in [1.807, 2.05) is 29.6 Å². The molecule has 136 valence electrons. The van der Waals surface area contributed by atoms with Gasteiger partial charge in [-0.2, -0.15) is 0 Å². The number of nitrogens with one attached hydrogen (secondary N) is 3. The Hall–Kier alpha value is -2.32. The molecule has 1 aliphatic rings. The van der Waals surface area contributed by atoms with Gasteiger partial charge in [-0.05, 0) is 32.0 Å². The molecule has 0 aliphatic carbocycles. The summed E-state index contributed by atoms with van der Waals surface area (Å²) in [5.74, 6) is 0.568. The van der Waals surface area contributed by atoms with Gasteiger partial charge in [0.1, 0.15) is 5.75 Å². The third-order valence-electron chi connectivity index (χ3n) is 2.97. The van der Waals surface area contributed by atoms with Crippen molar-refractivity contribution < 1.29 is 24.5 Å². The van der Waals surface area contributed by atoms with Crippen molar-refractivity contribution in [2.24, 2.45) is 0 Å². The van der Waals surface area contributed by atoms with Gasteiger partial charge in [-0.15, -0.1) is 0 Å². The molecule has 0 bridgehead atoms. The molecular weight excluding hydrogens is 314 g/mol. The van der Waals surface area contributed by atoms with E-state index in [9.17, 15) is 9.59 Å². The second-order valence-corrected chi connectivity index (χ2v) is 5.00. The van der Waals surface area contributed by atoms with E-state index >= 15 is 0 Å².